The number of carbonyl (C=O) groups is 2. The van der Waals surface area contributed by atoms with Gasteiger partial charge in [-0.3, -0.25) is 19.4 Å². The van der Waals surface area contributed by atoms with Crippen molar-refractivity contribution in [1.29, 1.82) is 0 Å². The minimum Gasteiger partial charge on any atom is -0.341 e. The number of piperidine rings is 1. The van der Waals surface area contributed by atoms with Crippen LogP contribution >= 0.6 is 0 Å². The molecule has 1 aromatic rings. The lowest BCUT2D eigenvalue weighted by Crippen LogP contribution is -2.55. The summed E-state index contributed by atoms with van der Waals surface area (Å²) in [5, 5.41) is 2.38. The van der Waals surface area contributed by atoms with Crippen LogP contribution in [-0.2, 0) is 15.8 Å². The molecule has 2 heterocycles. The number of halogens is 3. The third-order valence-corrected chi connectivity index (χ3v) is 5.85. The van der Waals surface area contributed by atoms with E-state index in [1.807, 2.05) is 16.7 Å². The smallest absolute Gasteiger partial charge is 0.341 e. The van der Waals surface area contributed by atoms with E-state index in [1.54, 1.807) is 0 Å². The first-order chi connectivity index (χ1) is 14.3. The van der Waals surface area contributed by atoms with Crippen molar-refractivity contribution in [2.24, 2.45) is 0 Å². The molecule has 0 aliphatic carbocycles. The first-order valence-corrected chi connectivity index (χ1v) is 10.5. The van der Waals surface area contributed by atoms with Gasteiger partial charge >= 0.3 is 6.18 Å². The number of anilines is 1. The first kappa shape index (κ1) is 22.6. The zero-order valence-electron chi connectivity index (χ0n) is 17.2. The highest BCUT2D eigenvalue weighted by molar-refractivity contribution is 5.93. The molecule has 3 rings (SSSR count). The molecule has 0 radical (unpaired) electrons. The maximum absolute atomic E-state index is 13.1. The van der Waals surface area contributed by atoms with E-state index < -0.39 is 17.6 Å². The Labute approximate surface area is 175 Å². The van der Waals surface area contributed by atoms with Crippen molar-refractivity contribution >= 4 is 17.5 Å². The highest BCUT2D eigenvalue weighted by Gasteiger charge is 2.34. The number of hydrogen-bond acceptors (Lipinski definition) is 4. The molecule has 1 unspecified atom stereocenters. The van der Waals surface area contributed by atoms with Crippen molar-refractivity contribution in [2.75, 3.05) is 51.1 Å². The molecule has 6 nitrogen and oxygen atoms in total. The number of carbonyl (C=O) groups excluding carboxylic acids is 2. The largest absolute Gasteiger partial charge is 0.418 e. The van der Waals surface area contributed by atoms with Gasteiger partial charge < -0.3 is 10.2 Å². The predicted octanol–water partition coefficient (Wildman–Crippen LogP) is 2.66. The number of rotatable bonds is 5. The van der Waals surface area contributed by atoms with Crippen LogP contribution in [0.4, 0.5) is 18.9 Å². The Morgan fingerprint density at radius 3 is 2.27 bits per heavy atom. The lowest BCUT2D eigenvalue weighted by molar-refractivity contribution is -0.138. The summed E-state index contributed by atoms with van der Waals surface area (Å²) in [5.41, 5.74) is -1.08. The average Bonchev–Trinajstić information content (AvgIpc) is 2.73. The Kier molecular flexibility index (Phi) is 7.36. The fraction of sp³-hybridized carbons (Fsp3) is 0.619. The van der Waals surface area contributed by atoms with E-state index in [1.165, 1.54) is 24.6 Å². The number of benzene rings is 1. The molecule has 0 aromatic heterocycles. The molecule has 0 saturated carbocycles. The summed E-state index contributed by atoms with van der Waals surface area (Å²) in [6.07, 6.45) is -1.24. The predicted molar refractivity (Wildman–Crippen MR) is 108 cm³/mol. The first-order valence-electron chi connectivity index (χ1n) is 10.5. The van der Waals surface area contributed by atoms with Gasteiger partial charge in [-0.2, -0.15) is 13.2 Å². The van der Waals surface area contributed by atoms with Crippen molar-refractivity contribution in [3.63, 3.8) is 0 Å². The van der Waals surface area contributed by atoms with E-state index in [0.717, 1.165) is 32.0 Å². The molecule has 1 N–H and O–H groups in total. The summed E-state index contributed by atoms with van der Waals surface area (Å²) in [5.74, 6) is -0.317. The molecule has 1 aromatic carbocycles. The number of nitrogens with one attached hydrogen (secondary N) is 1. The average molecular weight is 426 g/mol. The van der Waals surface area contributed by atoms with Gasteiger partial charge in [0.05, 0.1) is 23.8 Å². The summed E-state index contributed by atoms with van der Waals surface area (Å²) in [6.45, 7) is 6.06. The molecule has 1 atom stereocenters. The lowest BCUT2D eigenvalue weighted by atomic mass is 10.1. The van der Waals surface area contributed by atoms with Crippen LogP contribution in [0.2, 0.25) is 0 Å². The van der Waals surface area contributed by atoms with Crippen LogP contribution in [0.25, 0.3) is 0 Å². The summed E-state index contributed by atoms with van der Waals surface area (Å²) < 4.78 is 39.2. The van der Waals surface area contributed by atoms with Gasteiger partial charge in [0, 0.05) is 39.3 Å². The molecule has 0 bridgehead atoms. The van der Waals surface area contributed by atoms with Crippen LogP contribution in [0.1, 0.15) is 31.7 Å². The molecular weight excluding hydrogens is 397 g/mol. The van der Waals surface area contributed by atoms with Gasteiger partial charge in [0.2, 0.25) is 11.8 Å². The Morgan fingerprint density at radius 2 is 1.63 bits per heavy atom. The normalized spacial score (nSPS) is 20.1. The number of piperazine rings is 1. The summed E-state index contributed by atoms with van der Waals surface area (Å²) in [6, 6.07) is 4.77. The standard InChI is InChI=1S/C21H29F3N4O2/c1-16(20(30)28-9-5-2-6-10-28)27-13-11-26(12-14-27)15-19(29)25-18-8-4-3-7-17(18)21(22,23)24/h3-4,7-8,16H,2,5-6,9-15H2,1H3,(H,25,29). The van der Waals surface area contributed by atoms with Crippen molar-refractivity contribution in [2.45, 2.75) is 38.4 Å². The fourth-order valence-corrected chi connectivity index (χ4v) is 4.08. The number of nitrogens with zero attached hydrogens (tertiary/aromatic N) is 3. The molecule has 2 saturated heterocycles. The second kappa shape index (κ2) is 9.78. The highest BCUT2D eigenvalue weighted by Crippen LogP contribution is 2.34. The summed E-state index contributed by atoms with van der Waals surface area (Å²) in [7, 11) is 0. The fourth-order valence-electron chi connectivity index (χ4n) is 4.08. The van der Waals surface area contributed by atoms with E-state index in [9.17, 15) is 22.8 Å². The van der Waals surface area contributed by atoms with E-state index in [0.29, 0.717) is 26.2 Å². The molecule has 0 spiro atoms. The van der Waals surface area contributed by atoms with Crippen LogP contribution in [-0.4, -0.2) is 78.4 Å². The zero-order chi connectivity index (χ0) is 21.7. The molecular formula is C21H29F3N4O2. The molecule has 166 valence electrons. The number of amides is 2. The van der Waals surface area contributed by atoms with Gasteiger partial charge in [-0.15, -0.1) is 0 Å². The van der Waals surface area contributed by atoms with Gasteiger partial charge in [0.1, 0.15) is 0 Å². The number of hydrogen-bond donors (Lipinski definition) is 1. The second-order valence-electron chi connectivity index (χ2n) is 7.97. The van der Waals surface area contributed by atoms with Crippen molar-refractivity contribution in [3.05, 3.63) is 29.8 Å². The highest BCUT2D eigenvalue weighted by atomic mass is 19.4. The quantitative estimate of drug-likeness (QED) is 0.787. The van der Waals surface area contributed by atoms with Crippen LogP contribution in [0.15, 0.2) is 24.3 Å². The van der Waals surface area contributed by atoms with Crippen molar-refractivity contribution in [1.82, 2.24) is 14.7 Å². The maximum atomic E-state index is 13.1. The Bertz CT molecular complexity index is 742. The third-order valence-electron chi connectivity index (χ3n) is 5.85. The van der Waals surface area contributed by atoms with Gasteiger partial charge in [0.15, 0.2) is 0 Å². The molecule has 2 amide bonds. The summed E-state index contributed by atoms with van der Waals surface area (Å²) in [4.78, 5) is 30.9. The molecule has 9 heteroatoms. The van der Waals surface area contributed by atoms with Crippen LogP contribution < -0.4 is 5.32 Å². The minimum atomic E-state index is -4.52. The van der Waals surface area contributed by atoms with E-state index >= 15 is 0 Å². The lowest BCUT2D eigenvalue weighted by Gasteiger charge is -2.39. The molecule has 2 aliphatic rings. The van der Waals surface area contributed by atoms with Gasteiger partial charge in [0.25, 0.3) is 0 Å². The van der Waals surface area contributed by atoms with E-state index in [4.69, 9.17) is 0 Å². The number of alkyl halides is 3. The van der Waals surface area contributed by atoms with E-state index in [-0.39, 0.29) is 24.2 Å². The van der Waals surface area contributed by atoms with Gasteiger partial charge in [-0.05, 0) is 38.3 Å². The van der Waals surface area contributed by atoms with Crippen LogP contribution in [0.5, 0.6) is 0 Å². The number of likely N-dealkylation sites (tertiary alicyclic amines) is 1. The van der Waals surface area contributed by atoms with Crippen LogP contribution in [0, 0.1) is 0 Å². The van der Waals surface area contributed by atoms with Gasteiger partial charge in [-0.1, -0.05) is 12.1 Å². The monoisotopic (exact) mass is 426 g/mol. The maximum Gasteiger partial charge on any atom is 0.418 e. The molecule has 2 aliphatic heterocycles. The van der Waals surface area contributed by atoms with Crippen molar-refractivity contribution in [3.8, 4) is 0 Å². The van der Waals surface area contributed by atoms with Gasteiger partial charge in [-0.25, -0.2) is 0 Å². The molecule has 2 fully saturated rings. The number of para-hydroxylation sites is 1. The Hall–Kier alpha value is -2.13. The Morgan fingerprint density at radius 1 is 1.00 bits per heavy atom. The van der Waals surface area contributed by atoms with Crippen molar-refractivity contribution < 1.29 is 22.8 Å². The third kappa shape index (κ3) is 5.72. The minimum absolute atomic E-state index is 0.0223. The SMILES string of the molecule is CC(C(=O)N1CCCCC1)N1CCN(CC(=O)Nc2ccccc2C(F)(F)F)CC1. The Balaban J connectivity index is 1.48. The molecule has 30 heavy (non-hydrogen) atoms. The zero-order valence-corrected chi connectivity index (χ0v) is 17.2. The summed E-state index contributed by atoms with van der Waals surface area (Å²) >= 11 is 0. The topological polar surface area (TPSA) is 55.9 Å². The van der Waals surface area contributed by atoms with Crippen LogP contribution in [0.3, 0.4) is 0 Å². The second-order valence-corrected chi connectivity index (χ2v) is 7.97. The van der Waals surface area contributed by atoms with E-state index in [2.05, 4.69) is 10.2 Å².